The molecule has 3 rings (SSSR count). The van der Waals surface area contributed by atoms with E-state index in [9.17, 15) is 36.3 Å². The summed E-state index contributed by atoms with van der Waals surface area (Å²) in [6.07, 6.45) is 6.48. The Balaban J connectivity index is 0.000000391. The second-order valence-corrected chi connectivity index (χ2v) is 13.3. The number of likely N-dealkylation sites (tertiary alicyclic amines) is 1. The summed E-state index contributed by atoms with van der Waals surface area (Å²) in [6, 6.07) is 4.51. The van der Waals surface area contributed by atoms with Crippen LogP contribution in [0.15, 0.2) is 29.2 Å². The van der Waals surface area contributed by atoms with Crippen molar-refractivity contribution in [1.82, 2.24) is 15.5 Å². The van der Waals surface area contributed by atoms with Gasteiger partial charge in [0.2, 0.25) is 5.91 Å². The maximum Gasteiger partial charge on any atom is 0.417 e. The van der Waals surface area contributed by atoms with Gasteiger partial charge in [0, 0.05) is 12.5 Å². The minimum atomic E-state index is -4.88. The van der Waals surface area contributed by atoms with Crippen LogP contribution < -0.4 is 10.6 Å². The standard InChI is InChI=1S/C18H21F3N2O5S.C12H24N2/c19-18(20,21)13-3-1-2-4-15(13)29(27,28)12-9-14(17(25)26)23(10-12)16(24)11-5-7-22-8-6-11;1-2-3-4-5-6-7-8-9-11-14-12-10-13/h1-4,11-12,14,22H,5-10H2,(H,25,26);14H,2-9,11-12H2,1H3. The molecule has 2 aliphatic rings. The van der Waals surface area contributed by atoms with E-state index >= 15 is 0 Å². The molecule has 2 atom stereocenters. The van der Waals surface area contributed by atoms with E-state index in [1.165, 1.54) is 57.4 Å². The highest BCUT2D eigenvalue weighted by molar-refractivity contribution is 7.92. The molecule has 0 saturated carbocycles. The normalized spacial score (nSPS) is 19.4. The Hall–Kier alpha value is -2.69. The minimum absolute atomic E-state index is 0.429. The van der Waals surface area contributed by atoms with Gasteiger partial charge in [0.1, 0.15) is 6.04 Å². The zero-order valence-electron chi connectivity index (χ0n) is 24.9. The number of carboxylic acid groups (broad SMARTS) is 1. The monoisotopic (exact) mass is 630 g/mol. The minimum Gasteiger partial charge on any atom is -0.480 e. The fourth-order valence-corrected chi connectivity index (χ4v) is 7.37. The summed E-state index contributed by atoms with van der Waals surface area (Å²) in [5, 5.41) is 22.5. The molecule has 13 heteroatoms. The van der Waals surface area contributed by atoms with Gasteiger partial charge in [0.25, 0.3) is 0 Å². The maximum atomic E-state index is 13.3. The van der Waals surface area contributed by atoms with Crippen LogP contribution in [0, 0.1) is 17.2 Å². The van der Waals surface area contributed by atoms with Crippen LogP contribution in [0.5, 0.6) is 0 Å². The van der Waals surface area contributed by atoms with E-state index in [2.05, 4.69) is 23.6 Å². The number of nitrogens with one attached hydrogen (secondary N) is 2. The van der Waals surface area contributed by atoms with Gasteiger partial charge in [-0.05, 0) is 57.5 Å². The average molecular weight is 631 g/mol. The molecule has 0 bridgehead atoms. The number of rotatable bonds is 14. The number of nitriles is 1. The molecule has 2 heterocycles. The Bertz CT molecular complexity index is 1170. The summed E-state index contributed by atoms with van der Waals surface area (Å²) in [4.78, 5) is 24.6. The van der Waals surface area contributed by atoms with Gasteiger partial charge in [-0.1, -0.05) is 64.0 Å². The molecule has 242 valence electrons. The summed E-state index contributed by atoms with van der Waals surface area (Å²) in [5.74, 6) is -2.25. The molecule has 2 aliphatic heterocycles. The number of carbonyl (C=O) groups is 2. The second kappa shape index (κ2) is 18.2. The first-order valence-electron chi connectivity index (χ1n) is 15.2. The highest BCUT2D eigenvalue weighted by Crippen LogP contribution is 2.38. The number of piperidine rings is 1. The molecule has 0 aromatic heterocycles. The predicted molar refractivity (Wildman–Crippen MR) is 157 cm³/mol. The molecule has 43 heavy (non-hydrogen) atoms. The van der Waals surface area contributed by atoms with E-state index in [-0.39, 0.29) is 0 Å². The summed E-state index contributed by atoms with van der Waals surface area (Å²) < 4.78 is 65.8. The van der Waals surface area contributed by atoms with Gasteiger partial charge in [0.05, 0.1) is 28.3 Å². The third-order valence-electron chi connectivity index (χ3n) is 7.87. The number of nitrogens with zero attached hydrogens (tertiary/aromatic N) is 2. The number of hydrogen-bond donors (Lipinski definition) is 3. The Labute approximate surface area is 253 Å². The second-order valence-electron chi connectivity index (χ2n) is 11.1. The van der Waals surface area contributed by atoms with Crippen molar-refractivity contribution < 1.29 is 36.3 Å². The smallest absolute Gasteiger partial charge is 0.417 e. The molecule has 3 N–H and O–H groups in total. The number of amides is 1. The molecule has 2 saturated heterocycles. The number of sulfone groups is 1. The van der Waals surface area contributed by atoms with Crippen molar-refractivity contribution in [2.75, 3.05) is 32.7 Å². The first kappa shape index (κ1) is 36.5. The lowest BCUT2D eigenvalue weighted by Gasteiger charge is -2.29. The number of carbonyl (C=O) groups excluding carboxylic acids is 1. The van der Waals surface area contributed by atoms with Crippen LogP contribution in [-0.2, 0) is 25.6 Å². The number of unbranched alkanes of at least 4 members (excludes halogenated alkanes) is 7. The molecule has 9 nitrogen and oxygen atoms in total. The summed E-state index contributed by atoms with van der Waals surface area (Å²) in [7, 11) is -4.51. The number of aliphatic carboxylic acids is 1. The van der Waals surface area contributed by atoms with Gasteiger partial charge in [-0.25, -0.2) is 13.2 Å². The molecule has 0 spiro atoms. The van der Waals surface area contributed by atoms with Crippen LogP contribution in [0.3, 0.4) is 0 Å². The lowest BCUT2D eigenvalue weighted by Crippen LogP contribution is -2.46. The molecule has 0 aliphatic carbocycles. The average Bonchev–Trinajstić information content (AvgIpc) is 3.45. The van der Waals surface area contributed by atoms with Crippen LogP contribution in [0.25, 0.3) is 0 Å². The summed E-state index contributed by atoms with van der Waals surface area (Å²) in [6.45, 7) is 4.49. The van der Waals surface area contributed by atoms with E-state index in [0.29, 0.717) is 38.5 Å². The SMILES string of the molecule is CCCCCCCCCCNCC#N.O=C(O)C1CC(S(=O)(=O)c2ccccc2C(F)(F)F)CN1C(=O)C1CCNCC1. The largest absolute Gasteiger partial charge is 0.480 e. The third kappa shape index (κ3) is 11.4. The molecule has 0 radical (unpaired) electrons. The molecule has 1 aromatic carbocycles. The molecule has 2 unspecified atom stereocenters. The van der Waals surface area contributed by atoms with Gasteiger partial charge < -0.3 is 20.6 Å². The van der Waals surface area contributed by atoms with E-state index in [1.54, 1.807) is 0 Å². The fourth-order valence-electron chi connectivity index (χ4n) is 5.46. The number of hydrogen-bond acceptors (Lipinski definition) is 7. The zero-order valence-corrected chi connectivity index (χ0v) is 25.7. The van der Waals surface area contributed by atoms with E-state index in [0.717, 1.165) is 23.6 Å². The lowest BCUT2D eigenvalue weighted by molar-refractivity contribution is -0.150. The van der Waals surface area contributed by atoms with Crippen molar-refractivity contribution in [1.29, 1.82) is 5.26 Å². The fraction of sp³-hybridized carbons (Fsp3) is 0.700. The van der Waals surface area contributed by atoms with Gasteiger partial charge in [-0.15, -0.1) is 0 Å². The maximum absolute atomic E-state index is 13.3. The van der Waals surface area contributed by atoms with Crippen molar-refractivity contribution in [3.63, 3.8) is 0 Å². The Kier molecular flexibility index (Phi) is 15.4. The summed E-state index contributed by atoms with van der Waals surface area (Å²) in [5.41, 5.74) is -1.30. The Morgan fingerprint density at radius 3 is 2.26 bits per heavy atom. The van der Waals surface area contributed by atoms with Gasteiger partial charge in [0.15, 0.2) is 9.84 Å². The van der Waals surface area contributed by atoms with Crippen LogP contribution in [0.1, 0.15) is 83.1 Å². The third-order valence-corrected chi connectivity index (χ3v) is 10.1. The van der Waals surface area contributed by atoms with Gasteiger partial charge >= 0.3 is 12.1 Å². The van der Waals surface area contributed by atoms with Gasteiger partial charge in [-0.3, -0.25) is 4.79 Å². The topological polar surface area (TPSA) is 140 Å². The van der Waals surface area contributed by atoms with Crippen LogP contribution in [0.4, 0.5) is 13.2 Å². The quantitative estimate of drug-likeness (QED) is 0.197. The number of benzene rings is 1. The predicted octanol–water partition coefficient (Wildman–Crippen LogP) is 4.77. The molecular formula is C30H45F3N4O5S. The van der Waals surface area contributed by atoms with Gasteiger partial charge in [-0.2, -0.15) is 18.4 Å². The van der Waals surface area contributed by atoms with Crippen LogP contribution in [-0.4, -0.2) is 74.3 Å². The first-order chi connectivity index (χ1) is 20.4. The first-order valence-corrected chi connectivity index (χ1v) is 16.7. The van der Waals surface area contributed by atoms with E-state index < -0.39 is 68.5 Å². The zero-order chi connectivity index (χ0) is 31.9. The van der Waals surface area contributed by atoms with Crippen molar-refractivity contribution in [2.45, 2.75) is 99.9 Å². The lowest BCUT2D eigenvalue weighted by atomic mass is 9.96. The van der Waals surface area contributed by atoms with E-state index in [4.69, 9.17) is 5.26 Å². The highest BCUT2D eigenvalue weighted by Gasteiger charge is 2.48. The van der Waals surface area contributed by atoms with Crippen LogP contribution >= 0.6 is 0 Å². The van der Waals surface area contributed by atoms with Crippen molar-refractivity contribution in [3.05, 3.63) is 29.8 Å². The van der Waals surface area contributed by atoms with Crippen molar-refractivity contribution >= 4 is 21.7 Å². The summed E-state index contributed by atoms with van der Waals surface area (Å²) >= 11 is 0. The Morgan fingerprint density at radius 1 is 1.07 bits per heavy atom. The molecular weight excluding hydrogens is 585 g/mol. The molecule has 1 aromatic rings. The Morgan fingerprint density at radius 2 is 1.67 bits per heavy atom. The highest BCUT2D eigenvalue weighted by atomic mass is 32.2. The molecule has 2 fully saturated rings. The number of carboxylic acids is 1. The van der Waals surface area contributed by atoms with E-state index in [1.807, 2.05) is 0 Å². The van der Waals surface area contributed by atoms with Crippen molar-refractivity contribution in [2.24, 2.45) is 5.92 Å². The molecule has 1 amide bonds. The number of alkyl halides is 3. The van der Waals surface area contributed by atoms with Crippen LogP contribution in [0.2, 0.25) is 0 Å². The number of halogens is 3. The van der Waals surface area contributed by atoms with Crippen molar-refractivity contribution in [3.8, 4) is 6.07 Å².